The molecule has 1 atom stereocenters. The van der Waals surface area contributed by atoms with Crippen LogP contribution in [-0.2, 0) is 11.3 Å². The molecule has 5 heteroatoms. The molecule has 2 heterocycles. The molecule has 1 unspecified atom stereocenters. The van der Waals surface area contributed by atoms with Gasteiger partial charge in [0, 0.05) is 38.2 Å². The van der Waals surface area contributed by atoms with Gasteiger partial charge in [-0.2, -0.15) is 0 Å². The van der Waals surface area contributed by atoms with Crippen molar-refractivity contribution in [2.24, 2.45) is 5.92 Å². The first-order valence-corrected chi connectivity index (χ1v) is 7.99. The SMILES string of the molecule is CC(C)NCc1csc(N(C)CC2CCCOC2)n1. The highest BCUT2D eigenvalue weighted by atomic mass is 32.1. The van der Waals surface area contributed by atoms with Crippen LogP contribution in [0.5, 0.6) is 0 Å². The lowest BCUT2D eigenvalue weighted by atomic mass is 10.0. The van der Waals surface area contributed by atoms with Crippen molar-refractivity contribution in [3.8, 4) is 0 Å². The van der Waals surface area contributed by atoms with Gasteiger partial charge < -0.3 is 15.0 Å². The third-order valence-electron chi connectivity index (χ3n) is 3.34. The van der Waals surface area contributed by atoms with Gasteiger partial charge in [-0.25, -0.2) is 4.98 Å². The van der Waals surface area contributed by atoms with Crippen molar-refractivity contribution in [3.63, 3.8) is 0 Å². The second kappa shape index (κ2) is 7.22. The number of anilines is 1. The highest BCUT2D eigenvalue weighted by molar-refractivity contribution is 7.13. The van der Waals surface area contributed by atoms with Crippen molar-refractivity contribution in [1.29, 1.82) is 0 Å². The zero-order chi connectivity index (χ0) is 13.7. The Bertz CT molecular complexity index is 375. The van der Waals surface area contributed by atoms with Crippen molar-refractivity contribution < 1.29 is 4.74 Å². The average Bonchev–Trinajstić information content (AvgIpc) is 2.86. The van der Waals surface area contributed by atoms with Crippen LogP contribution >= 0.6 is 11.3 Å². The summed E-state index contributed by atoms with van der Waals surface area (Å²) in [6, 6.07) is 0.502. The maximum absolute atomic E-state index is 5.54. The predicted molar refractivity (Wildman–Crippen MR) is 80.9 cm³/mol. The first-order valence-electron chi connectivity index (χ1n) is 7.12. The van der Waals surface area contributed by atoms with Crippen LogP contribution < -0.4 is 10.2 Å². The molecule has 0 amide bonds. The number of rotatable bonds is 6. The van der Waals surface area contributed by atoms with E-state index in [1.165, 1.54) is 12.8 Å². The number of thiazole rings is 1. The molecule has 2 rings (SSSR count). The number of nitrogens with zero attached hydrogens (tertiary/aromatic N) is 2. The van der Waals surface area contributed by atoms with E-state index >= 15 is 0 Å². The molecule has 1 saturated heterocycles. The van der Waals surface area contributed by atoms with Crippen LogP contribution in [0.3, 0.4) is 0 Å². The molecule has 1 N–H and O–H groups in total. The van der Waals surface area contributed by atoms with Crippen LogP contribution in [0.15, 0.2) is 5.38 Å². The van der Waals surface area contributed by atoms with Crippen LogP contribution in [0.2, 0.25) is 0 Å². The van der Waals surface area contributed by atoms with E-state index in [4.69, 9.17) is 4.74 Å². The molecule has 0 spiro atoms. The Balaban J connectivity index is 1.82. The summed E-state index contributed by atoms with van der Waals surface area (Å²) in [4.78, 5) is 6.96. The Morgan fingerprint density at radius 1 is 1.58 bits per heavy atom. The van der Waals surface area contributed by atoms with E-state index in [0.29, 0.717) is 12.0 Å². The van der Waals surface area contributed by atoms with Gasteiger partial charge in [0.05, 0.1) is 12.3 Å². The van der Waals surface area contributed by atoms with Gasteiger partial charge in [-0.05, 0) is 18.8 Å². The van der Waals surface area contributed by atoms with Gasteiger partial charge in [-0.1, -0.05) is 13.8 Å². The fourth-order valence-electron chi connectivity index (χ4n) is 2.28. The Hall–Kier alpha value is -0.650. The molecule has 1 aromatic heterocycles. The van der Waals surface area contributed by atoms with E-state index in [1.807, 2.05) is 0 Å². The Morgan fingerprint density at radius 3 is 3.11 bits per heavy atom. The topological polar surface area (TPSA) is 37.4 Å². The minimum atomic E-state index is 0.502. The standard InChI is InChI=1S/C14H25N3OS/c1-11(2)15-7-13-10-19-14(16-13)17(3)8-12-5-4-6-18-9-12/h10-12,15H,4-9H2,1-3H3. The van der Waals surface area contributed by atoms with Crippen molar-refractivity contribution in [2.45, 2.75) is 39.3 Å². The summed E-state index contributed by atoms with van der Waals surface area (Å²) in [5.41, 5.74) is 1.14. The van der Waals surface area contributed by atoms with E-state index in [-0.39, 0.29) is 0 Å². The molecule has 1 aliphatic heterocycles. The van der Waals surface area contributed by atoms with Crippen molar-refractivity contribution >= 4 is 16.5 Å². The minimum Gasteiger partial charge on any atom is -0.381 e. The van der Waals surface area contributed by atoms with Crippen molar-refractivity contribution in [2.75, 3.05) is 31.7 Å². The number of aromatic nitrogens is 1. The lowest BCUT2D eigenvalue weighted by Crippen LogP contribution is -2.30. The maximum Gasteiger partial charge on any atom is 0.185 e. The van der Waals surface area contributed by atoms with E-state index in [9.17, 15) is 0 Å². The van der Waals surface area contributed by atoms with Gasteiger partial charge in [-0.3, -0.25) is 0 Å². The second-order valence-electron chi connectivity index (χ2n) is 5.62. The van der Waals surface area contributed by atoms with Crippen LogP contribution in [0, 0.1) is 5.92 Å². The van der Waals surface area contributed by atoms with Gasteiger partial charge in [0.2, 0.25) is 0 Å². The van der Waals surface area contributed by atoms with Crippen LogP contribution in [0.4, 0.5) is 5.13 Å². The largest absolute Gasteiger partial charge is 0.381 e. The summed E-state index contributed by atoms with van der Waals surface area (Å²) in [6.07, 6.45) is 2.47. The first-order chi connectivity index (χ1) is 9.15. The van der Waals surface area contributed by atoms with Gasteiger partial charge in [0.15, 0.2) is 5.13 Å². The van der Waals surface area contributed by atoms with E-state index in [2.05, 4.69) is 41.5 Å². The molecular weight excluding hydrogens is 258 g/mol. The highest BCUT2D eigenvalue weighted by Gasteiger charge is 2.17. The summed E-state index contributed by atoms with van der Waals surface area (Å²) in [5.74, 6) is 0.653. The van der Waals surface area contributed by atoms with E-state index in [0.717, 1.165) is 37.1 Å². The average molecular weight is 283 g/mol. The molecule has 0 radical (unpaired) electrons. The molecule has 4 nitrogen and oxygen atoms in total. The molecule has 1 fully saturated rings. The fourth-order valence-corrected chi connectivity index (χ4v) is 3.08. The molecule has 19 heavy (non-hydrogen) atoms. The molecular formula is C14H25N3OS. The van der Waals surface area contributed by atoms with Gasteiger partial charge >= 0.3 is 0 Å². The Morgan fingerprint density at radius 2 is 2.42 bits per heavy atom. The first kappa shape index (κ1) is 14.8. The number of hydrogen-bond acceptors (Lipinski definition) is 5. The van der Waals surface area contributed by atoms with Gasteiger partial charge in [-0.15, -0.1) is 11.3 Å². The monoisotopic (exact) mass is 283 g/mol. The van der Waals surface area contributed by atoms with Crippen LogP contribution in [-0.4, -0.2) is 37.8 Å². The number of nitrogens with one attached hydrogen (secondary N) is 1. The third kappa shape index (κ3) is 4.75. The lowest BCUT2D eigenvalue weighted by molar-refractivity contribution is 0.0576. The molecule has 0 aromatic carbocycles. The normalized spacial score (nSPS) is 19.9. The minimum absolute atomic E-state index is 0.502. The quantitative estimate of drug-likeness (QED) is 0.870. The smallest absolute Gasteiger partial charge is 0.185 e. The summed E-state index contributed by atoms with van der Waals surface area (Å²) < 4.78 is 5.54. The summed E-state index contributed by atoms with van der Waals surface area (Å²) >= 11 is 1.73. The lowest BCUT2D eigenvalue weighted by Gasteiger charge is -2.26. The zero-order valence-corrected chi connectivity index (χ0v) is 13.0. The van der Waals surface area contributed by atoms with Crippen LogP contribution in [0.25, 0.3) is 0 Å². The summed E-state index contributed by atoms with van der Waals surface area (Å²) in [5, 5.41) is 6.67. The van der Waals surface area contributed by atoms with Crippen molar-refractivity contribution in [3.05, 3.63) is 11.1 Å². The molecule has 0 saturated carbocycles. The second-order valence-corrected chi connectivity index (χ2v) is 6.46. The van der Waals surface area contributed by atoms with Crippen LogP contribution in [0.1, 0.15) is 32.4 Å². The summed E-state index contributed by atoms with van der Waals surface area (Å²) in [6.45, 7) is 8.05. The van der Waals surface area contributed by atoms with Gasteiger partial charge in [0.25, 0.3) is 0 Å². The third-order valence-corrected chi connectivity index (χ3v) is 4.35. The molecule has 0 aliphatic carbocycles. The molecule has 1 aliphatic rings. The predicted octanol–water partition coefficient (Wildman–Crippen LogP) is 2.50. The fraction of sp³-hybridized carbons (Fsp3) is 0.786. The zero-order valence-electron chi connectivity index (χ0n) is 12.2. The molecule has 1 aromatic rings. The molecule has 108 valence electrons. The van der Waals surface area contributed by atoms with Crippen molar-refractivity contribution in [1.82, 2.24) is 10.3 Å². The maximum atomic E-state index is 5.54. The number of hydrogen-bond donors (Lipinski definition) is 1. The highest BCUT2D eigenvalue weighted by Crippen LogP contribution is 2.22. The molecule has 0 bridgehead atoms. The Kier molecular flexibility index (Phi) is 5.60. The van der Waals surface area contributed by atoms with E-state index < -0.39 is 0 Å². The summed E-state index contributed by atoms with van der Waals surface area (Å²) in [7, 11) is 2.13. The Labute approximate surface area is 120 Å². The van der Waals surface area contributed by atoms with E-state index in [1.54, 1.807) is 11.3 Å². The number of ether oxygens (including phenoxy) is 1. The van der Waals surface area contributed by atoms with Gasteiger partial charge in [0.1, 0.15) is 0 Å².